The van der Waals surface area contributed by atoms with Gasteiger partial charge in [-0.2, -0.15) is 5.10 Å². The number of rotatable bonds is 9. The molecular weight excluding hydrogens is 459 g/mol. The van der Waals surface area contributed by atoms with Gasteiger partial charge >= 0.3 is 0 Å². The first-order chi connectivity index (χ1) is 17.4. The average molecular weight is 493 g/mol. The van der Waals surface area contributed by atoms with Crippen LogP contribution in [0.1, 0.15) is 24.7 Å². The van der Waals surface area contributed by atoms with Gasteiger partial charge in [-0.05, 0) is 65.4 Å². The average Bonchev–Trinajstić information content (AvgIpc) is 3.59. The lowest BCUT2D eigenvalue weighted by molar-refractivity contribution is 0.298. The minimum atomic E-state index is -0.399. The highest BCUT2D eigenvalue weighted by atomic mass is 19.1. The third kappa shape index (κ3) is 5.83. The molecule has 1 aromatic carbocycles. The van der Waals surface area contributed by atoms with Gasteiger partial charge in [-0.15, -0.1) is 0 Å². The Bertz CT molecular complexity index is 1300. The fourth-order valence-electron chi connectivity index (χ4n) is 4.22. The number of aliphatic imine (C=N–C) groups is 2. The molecule has 1 unspecified atom stereocenters. The van der Waals surface area contributed by atoms with Crippen molar-refractivity contribution in [1.29, 1.82) is 0 Å². The highest BCUT2D eigenvalue weighted by Crippen LogP contribution is 2.27. The SMILES string of the molecule is C=N/C(=C\C(=N/COc1ccc2[nH]c(C)cc2c1F)N1CCC(N(C)C)C1)Nc1cc(/C=C/C)[nH]n1. The van der Waals surface area contributed by atoms with Crippen LogP contribution in [0.3, 0.4) is 0 Å². The number of fused-ring (bicyclic) bond motifs is 1. The first kappa shape index (κ1) is 25.2. The predicted octanol–water partition coefficient (Wildman–Crippen LogP) is 4.40. The molecular formula is C26H33FN8O. The molecule has 10 heteroatoms. The van der Waals surface area contributed by atoms with Gasteiger partial charge in [0.2, 0.25) is 0 Å². The van der Waals surface area contributed by atoms with Crippen LogP contribution in [0.2, 0.25) is 0 Å². The van der Waals surface area contributed by atoms with E-state index < -0.39 is 5.82 Å². The van der Waals surface area contributed by atoms with Crippen LogP contribution in [0.5, 0.6) is 5.75 Å². The summed E-state index contributed by atoms with van der Waals surface area (Å²) in [7, 11) is 4.15. The fraction of sp³-hybridized carbons (Fsp3) is 0.346. The third-order valence-corrected chi connectivity index (χ3v) is 6.14. The number of likely N-dealkylation sites (tertiary alicyclic amines) is 1. The number of aromatic nitrogens is 3. The first-order valence-corrected chi connectivity index (χ1v) is 11.9. The maximum Gasteiger partial charge on any atom is 0.181 e. The highest BCUT2D eigenvalue weighted by molar-refractivity contribution is 5.94. The summed E-state index contributed by atoms with van der Waals surface area (Å²) in [5, 5.41) is 10.9. The third-order valence-electron chi connectivity index (χ3n) is 6.14. The van der Waals surface area contributed by atoms with Crippen LogP contribution in [-0.4, -0.2) is 77.5 Å². The van der Waals surface area contributed by atoms with Crippen molar-refractivity contribution in [2.75, 3.05) is 39.2 Å². The summed E-state index contributed by atoms with van der Waals surface area (Å²) < 4.78 is 20.7. The summed E-state index contributed by atoms with van der Waals surface area (Å²) >= 11 is 0. The summed E-state index contributed by atoms with van der Waals surface area (Å²) in [6, 6.07) is 7.48. The minimum absolute atomic E-state index is 0.0426. The Kier molecular flexibility index (Phi) is 7.84. The molecule has 9 nitrogen and oxygen atoms in total. The van der Waals surface area contributed by atoms with E-state index in [-0.39, 0.29) is 12.5 Å². The molecule has 0 spiro atoms. The number of ether oxygens (including phenoxy) is 1. The monoisotopic (exact) mass is 492 g/mol. The molecule has 36 heavy (non-hydrogen) atoms. The number of aryl methyl sites for hydroxylation is 1. The second-order valence-corrected chi connectivity index (χ2v) is 8.95. The fourth-order valence-corrected chi connectivity index (χ4v) is 4.22. The molecule has 0 saturated carbocycles. The number of anilines is 1. The minimum Gasteiger partial charge on any atom is -0.468 e. The normalized spacial score (nSPS) is 17.1. The van der Waals surface area contributed by atoms with Crippen LogP contribution in [0, 0.1) is 12.7 Å². The zero-order chi connectivity index (χ0) is 25.7. The van der Waals surface area contributed by atoms with E-state index in [0.29, 0.717) is 28.9 Å². The van der Waals surface area contributed by atoms with Crippen molar-refractivity contribution < 1.29 is 9.13 Å². The van der Waals surface area contributed by atoms with Gasteiger partial charge in [0.25, 0.3) is 0 Å². The maximum absolute atomic E-state index is 14.9. The molecule has 1 saturated heterocycles. The molecule has 1 aliphatic rings. The second-order valence-electron chi connectivity index (χ2n) is 8.95. The number of hydrogen-bond donors (Lipinski definition) is 3. The largest absolute Gasteiger partial charge is 0.468 e. The molecule has 0 bridgehead atoms. The van der Waals surface area contributed by atoms with Crippen molar-refractivity contribution in [2.45, 2.75) is 26.3 Å². The Hall–Kier alpha value is -3.92. The standard InChI is InChI=1S/C26H33FN8O/c1-6-7-18-13-24(33-32-18)31-23(28-3)14-25(35-11-10-19(15-35)34(4)5)29-16-36-22-9-8-21-20(26(22)27)12-17(2)30-21/h6-9,12-14,19,30H,3,10-11,15-16H2,1-2,4-5H3,(H2,31,32,33)/b7-6+,23-14+,29-25+. The summed E-state index contributed by atoms with van der Waals surface area (Å²) in [6.07, 6.45) is 6.67. The molecule has 3 N–H and O–H groups in total. The van der Waals surface area contributed by atoms with Gasteiger partial charge in [0.15, 0.2) is 24.1 Å². The number of likely N-dealkylation sites (N-methyl/N-ethyl adjacent to an activating group) is 1. The Morgan fingerprint density at radius 3 is 2.94 bits per heavy atom. The molecule has 0 amide bonds. The molecule has 0 radical (unpaired) electrons. The molecule has 1 atom stereocenters. The summed E-state index contributed by atoms with van der Waals surface area (Å²) in [5.74, 6) is 1.55. The number of H-pyrrole nitrogens is 2. The van der Waals surface area contributed by atoms with E-state index in [0.717, 1.165) is 36.4 Å². The lowest BCUT2D eigenvalue weighted by Gasteiger charge is -2.22. The molecule has 4 rings (SSSR count). The van der Waals surface area contributed by atoms with Gasteiger partial charge in [-0.1, -0.05) is 6.08 Å². The molecule has 3 aromatic rings. The summed E-state index contributed by atoms with van der Waals surface area (Å²) in [4.78, 5) is 16.3. The first-order valence-electron chi connectivity index (χ1n) is 11.9. The molecule has 3 heterocycles. The zero-order valence-corrected chi connectivity index (χ0v) is 21.2. The van der Waals surface area contributed by atoms with E-state index in [2.05, 4.69) is 61.1 Å². The lowest BCUT2D eigenvalue weighted by atomic mass is 10.2. The Morgan fingerprint density at radius 1 is 1.39 bits per heavy atom. The maximum atomic E-state index is 14.9. The number of nitrogens with one attached hydrogen (secondary N) is 3. The van der Waals surface area contributed by atoms with Crippen LogP contribution in [0.15, 0.2) is 52.2 Å². The topological polar surface area (TPSA) is 96.9 Å². The smallest absolute Gasteiger partial charge is 0.181 e. The van der Waals surface area contributed by atoms with E-state index in [9.17, 15) is 4.39 Å². The number of hydrogen-bond acceptors (Lipinski definition) is 6. The van der Waals surface area contributed by atoms with Crippen LogP contribution >= 0.6 is 0 Å². The van der Waals surface area contributed by atoms with Crippen molar-refractivity contribution in [3.8, 4) is 5.75 Å². The van der Waals surface area contributed by atoms with Gasteiger partial charge in [-0.25, -0.2) is 14.4 Å². The van der Waals surface area contributed by atoms with Gasteiger partial charge in [-0.3, -0.25) is 5.10 Å². The molecule has 2 aromatic heterocycles. The summed E-state index contributed by atoms with van der Waals surface area (Å²) in [6.45, 7) is 9.13. The summed E-state index contributed by atoms with van der Waals surface area (Å²) in [5.41, 5.74) is 2.50. The molecule has 1 fully saturated rings. The second kappa shape index (κ2) is 11.2. The van der Waals surface area contributed by atoms with Crippen molar-refractivity contribution >= 4 is 35.3 Å². The van der Waals surface area contributed by atoms with Crippen molar-refractivity contribution in [1.82, 2.24) is 25.0 Å². The molecule has 190 valence electrons. The van der Waals surface area contributed by atoms with Crippen molar-refractivity contribution in [3.63, 3.8) is 0 Å². The molecule has 1 aliphatic heterocycles. The zero-order valence-electron chi connectivity index (χ0n) is 21.2. The number of aromatic amines is 2. The van der Waals surface area contributed by atoms with Crippen molar-refractivity contribution in [2.24, 2.45) is 9.98 Å². The van der Waals surface area contributed by atoms with Gasteiger partial charge in [0.1, 0.15) is 11.7 Å². The van der Waals surface area contributed by atoms with Crippen LogP contribution in [-0.2, 0) is 0 Å². The van der Waals surface area contributed by atoms with E-state index in [1.807, 2.05) is 44.2 Å². The van der Waals surface area contributed by atoms with Crippen LogP contribution < -0.4 is 10.1 Å². The lowest BCUT2D eigenvalue weighted by Crippen LogP contribution is -2.34. The predicted molar refractivity (Wildman–Crippen MR) is 144 cm³/mol. The van der Waals surface area contributed by atoms with E-state index in [4.69, 9.17) is 4.74 Å². The Morgan fingerprint density at radius 2 is 2.22 bits per heavy atom. The number of allylic oxidation sites excluding steroid dienone is 1. The number of benzene rings is 1. The quantitative estimate of drug-likeness (QED) is 0.304. The Balaban J connectivity index is 1.55. The van der Waals surface area contributed by atoms with Gasteiger partial charge in [0, 0.05) is 47.9 Å². The Labute approximate surface area is 210 Å². The highest BCUT2D eigenvalue weighted by Gasteiger charge is 2.26. The van der Waals surface area contributed by atoms with Gasteiger partial charge in [0.05, 0.1) is 5.69 Å². The number of nitrogens with zero attached hydrogens (tertiary/aromatic N) is 5. The molecule has 0 aliphatic carbocycles. The van der Waals surface area contributed by atoms with Crippen LogP contribution in [0.25, 0.3) is 17.0 Å². The van der Waals surface area contributed by atoms with E-state index in [1.165, 1.54) is 0 Å². The van der Waals surface area contributed by atoms with E-state index in [1.54, 1.807) is 12.1 Å². The number of amidine groups is 1. The van der Waals surface area contributed by atoms with E-state index >= 15 is 0 Å². The van der Waals surface area contributed by atoms with Crippen molar-refractivity contribution in [3.05, 3.63) is 59.4 Å². The number of halogens is 1. The van der Waals surface area contributed by atoms with Gasteiger partial charge < -0.3 is 24.8 Å². The van der Waals surface area contributed by atoms with Crippen LogP contribution in [0.4, 0.5) is 10.2 Å².